The molecule has 3 aromatic rings. The number of rotatable bonds is 6. The van der Waals surface area contributed by atoms with Crippen molar-refractivity contribution in [1.29, 1.82) is 0 Å². The van der Waals surface area contributed by atoms with E-state index in [9.17, 15) is 0 Å². The molecule has 1 aliphatic rings. The lowest BCUT2D eigenvalue weighted by Gasteiger charge is -2.16. The maximum Gasteiger partial charge on any atom is 0.203 e. The van der Waals surface area contributed by atoms with Crippen LogP contribution in [0, 0.1) is 0 Å². The highest BCUT2D eigenvalue weighted by Gasteiger charge is 2.22. The van der Waals surface area contributed by atoms with Crippen molar-refractivity contribution in [1.82, 2.24) is 14.4 Å². The molecule has 1 N–H and O–H groups in total. The molecule has 1 fully saturated rings. The van der Waals surface area contributed by atoms with Gasteiger partial charge in [0, 0.05) is 24.0 Å². The normalized spacial score (nSPS) is 14.5. The number of nitrogens with zero attached hydrogens (tertiary/aromatic N) is 3. The van der Waals surface area contributed by atoms with E-state index >= 15 is 0 Å². The van der Waals surface area contributed by atoms with Gasteiger partial charge in [0.05, 0.1) is 27.5 Å². The number of imidazole rings is 1. The van der Waals surface area contributed by atoms with Crippen molar-refractivity contribution in [2.45, 2.75) is 31.7 Å². The minimum atomic E-state index is 0.457. The Labute approximate surface area is 158 Å². The molecule has 7 nitrogen and oxygen atoms in total. The fourth-order valence-corrected chi connectivity index (χ4v) is 3.73. The van der Waals surface area contributed by atoms with Gasteiger partial charge in [0.15, 0.2) is 17.1 Å². The van der Waals surface area contributed by atoms with Gasteiger partial charge in [0.1, 0.15) is 11.5 Å². The van der Waals surface area contributed by atoms with Gasteiger partial charge in [-0.25, -0.2) is 4.98 Å². The molecule has 0 bridgehead atoms. The van der Waals surface area contributed by atoms with Crippen LogP contribution in [0.2, 0.25) is 0 Å². The first kappa shape index (κ1) is 17.5. The Morgan fingerprint density at radius 1 is 1.04 bits per heavy atom. The summed E-state index contributed by atoms with van der Waals surface area (Å²) in [5.41, 5.74) is 2.53. The third-order valence-electron chi connectivity index (χ3n) is 5.06. The Balaban J connectivity index is 1.88. The summed E-state index contributed by atoms with van der Waals surface area (Å²) in [5.74, 6) is 2.75. The second kappa shape index (κ2) is 7.34. The summed E-state index contributed by atoms with van der Waals surface area (Å²) in [6, 6.07) is 4.31. The van der Waals surface area contributed by atoms with E-state index in [0.29, 0.717) is 23.3 Å². The molecule has 2 aromatic heterocycles. The predicted octanol–water partition coefficient (Wildman–Crippen LogP) is 3.78. The van der Waals surface area contributed by atoms with Crippen LogP contribution in [0.5, 0.6) is 17.2 Å². The zero-order valence-electron chi connectivity index (χ0n) is 15.9. The van der Waals surface area contributed by atoms with Crippen LogP contribution in [0.3, 0.4) is 0 Å². The summed E-state index contributed by atoms with van der Waals surface area (Å²) in [7, 11) is 4.84. The van der Waals surface area contributed by atoms with Crippen LogP contribution in [0.15, 0.2) is 30.7 Å². The Morgan fingerprint density at radius 3 is 2.37 bits per heavy atom. The quantitative estimate of drug-likeness (QED) is 0.714. The zero-order chi connectivity index (χ0) is 18.8. The van der Waals surface area contributed by atoms with E-state index < -0.39 is 0 Å². The summed E-state index contributed by atoms with van der Waals surface area (Å²) in [5, 5.41) is 3.69. The lowest BCUT2D eigenvalue weighted by Crippen LogP contribution is -2.16. The van der Waals surface area contributed by atoms with Crippen molar-refractivity contribution in [2.75, 3.05) is 26.6 Å². The average molecular weight is 368 g/mol. The molecule has 1 aliphatic carbocycles. The SMILES string of the molecule is COc1cc(-c2nc3cnccn3c2NC2CCCC2)cc(OC)c1OC. The van der Waals surface area contributed by atoms with Gasteiger partial charge in [-0.2, -0.15) is 0 Å². The molecule has 0 aliphatic heterocycles. The summed E-state index contributed by atoms with van der Waals surface area (Å²) < 4.78 is 18.5. The van der Waals surface area contributed by atoms with Gasteiger partial charge in [-0.3, -0.25) is 9.38 Å². The Kier molecular flexibility index (Phi) is 4.75. The molecule has 0 radical (unpaired) electrons. The minimum Gasteiger partial charge on any atom is -0.493 e. The van der Waals surface area contributed by atoms with Crippen LogP contribution >= 0.6 is 0 Å². The van der Waals surface area contributed by atoms with Gasteiger partial charge >= 0.3 is 0 Å². The van der Waals surface area contributed by atoms with E-state index in [1.165, 1.54) is 25.7 Å². The number of aromatic nitrogens is 3. The molecule has 0 unspecified atom stereocenters. The van der Waals surface area contributed by atoms with Gasteiger partial charge in [0.2, 0.25) is 5.75 Å². The molecule has 1 saturated carbocycles. The Bertz CT molecular complexity index is 923. The van der Waals surface area contributed by atoms with Gasteiger partial charge in [-0.15, -0.1) is 0 Å². The number of anilines is 1. The number of hydrogen-bond acceptors (Lipinski definition) is 6. The number of methoxy groups -OCH3 is 3. The highest BCUT2D eigenvalue weighted by atomic mass is 16.5. The fourth-order valence-electron chi connectivity index (χ4n) is 3.73. The van der Waals surface area contributed by atoms with E-state index in [0.717, 1.165) is 22.7 Å². The van der Waals surface area contributed by atoms with Gasteiger partial charge in [-0.05, 0) is 25.0 Å². The molecule has 142 valence electrons. The Morgan fingerprint density at radius 2 is 1.74 bits per heavy atom. The third-order valence-corrected chi connectivity index (χ3v) is 5.06. The van der Waals surface area contributed by atoms with Crippen molar-refractivity contribution >= 4 is 11.5 Å². The van der Waals surface area contributed by atoms with E-state index in [4.69, 9.17) is 19.2 Å². The van der Waals surface area contributed by atoms with Crippen LogP contribution in [-0.2, 0) is 0 Å². The predicted molar refractivity (Wildman–Crippen MR) is 104 cm³/mol. The smallest absolute Gasteiger partial charge is 0.203 e. The molecule has 0 spiro atoms. The molecule has 2 heterocycles. The highest BCUT2D eigenvalue weighted by molar-refractivity contribution is 5.79. The molecule has 4 rings (SSSR count). The molecule has 27 heavy (non-hydrogen) atoms. The standard InChI is InChI=1S/C20H24N4O3/c1-25-15-10-13(11-16(26-2)19(15)27-3)18-20(22-14-6-4-5-7-14)24-9-8-21-12-17(24)23-18/h8-12,14,22H,4-7H2,1-3H3. The van der Waals surface area contributed by atoms with Gasteiger partial charge < -0.3 is 19.5 Å². The van der Waals surface area contributed by atoms with Gasteiger partial charge in [-0.1, -0.05) is 12.8 Å². The maximum absolute atomic E-state index is 5.52. The summed E-state index contributed by atoms with van der Waals surface area (Å²) >= 11 is 0. The lowest BCUT2D eigenvalue weighted by molar-refractivity contribution is 0.324. The second-order valence-corrected chi connectivity index (χ2v) is 6.65. The van der Waals surface area contributed by atoms with E-state index in [1.807, 2.05) is 22.7 Å². The number of hydrogen-bond donors (Lipinski definition) is 1. The number of ether oxygens (including phenoxy) is 3. The number of benzene rings is 1. The van der Waals surface area contributed by atoms with Crippen molar-refractivity contribution < 1.29 is 14.2 Å². The molecular weight excluding hydrogens is 344 g/mol. The second-order valence-electron chi connectivity index (χ2n) is 6.65. The molecule has 0 atom stereocenters. The maximum atomic E-state index is 5.52. The highest BCUT2D eigenvalue weighted by Crippen LogP contribution is 2.42. The van der Waals surface area contributed by atoms with Gasteiger partial charge in [0.25, 0.3) is 0 Å². The topological polar surface area (TPSA) is 69.9 Å². The molecule has 7 heteroatoms. The number of fused-ring (bicyclic) bond motifs is 1. The number of nitrogens with one attached hydrogen (secondary N) is 1. The van der Waals surface area contributed by atoms with Crippen molar-refractivity contribution in [2.24, 2.45) is 0 Å². The molecule has 0 saturated heterocycles. The third kappa shape index (κ3) is 3.13. The lowest BCUT2D eigenvalue weighted by atomic mass is 10.1. The van der Waals surface area contributed by atoms with E-state index in [1.54, 1.807) is 33.7 Å². The first-order valence-electron chi connectivity index (χ1n) is 9.14. The van der Waals surface area contributed by atoms with Crippen LogP contribution in [0.25, 0.3) is 16.9 Å². The molecular formula is C20H24N4O3. The first-order chi connectivity index (χ1) is 13.2. The minimum absolute atomic E-state index is 0.457. The summed E-state index contributed by atoms with van der Waals surface area (Å²) in [6.07, 6.45) is 10.3. The molecule has 0 amide bonds. The van der Waals surface area contributed by atoms with Crippen molar-refractivity contribution in [3.05, 3.63) is 30.7 Å². The van der Waals surface area contributed by atoms with Crippen LogP contribution in [0.1, 0.15) is 25.7 Å². The van der Waals surface area contributed by atoms with Crippen molar-refractivity contribution in [3.63, 3.8) is 0 Å². The van der Waals surface area contributed by atoms with Crippen LogP contribution in [0.4, 0.5) is 5.82 Å². The van der Waals surface area contributed by atoms with Crippen molar-refractivity contribution in [3.8, 4) is 28.5 Å². The largest absolute Gasteiger partial charge is 0.493 e. The monoisotopic (exact) mass is 368 g/mol. The van der Waals surface area contributed by atoms with Crippen LogP contribution < -0.4 is 19.5 Å². The van der Waals surface area contributed by atoms with Crippen LogP contribution in [-0.4, -0.2) is 41.7 Å². The molecule has 1 aromatic carbocycles. The van der Waals surface area contributed by atoms with E-state index in [-0.39, 0.29) is 0 Å². The fraction of sp³-hybridized carbons (Fsp3) is 0.400. The summed E-state index contributed by atoms with van der Waals surface area (Å²) in [6.45, 7) is 0. The van der Waals surface area contributed by atoms with E-state index in [2.05, 4.69) is 10.3 Å². The summed E-state index contributed by atoms with van der Waals surface area (Å²) in [4.78, 5) is 9.02. The zero-order valence-corrected chi connectivity index (χ0v) is 15.9. The first-order valence-corrected chi connectivity index (χ1v) is 9.14. The Hall–Kier alpha value is -2.96. The average Bonchev–Trinajstić information content (AvgIpc) is 3.35.